The number of aromatic nitrogens is 2. The van der Waals surface area contributed by atoms with Crippen molar-refractivity contribution in [2.45, 2.75) is 0 Å². The van der Waals surface area contributed by atoms with Crippen LogP contribution in [0, 0.1) is 0 Å². The van der Waals surface area contributed by atoms with E-state index in [-0.39, 0.29) is 0 Å². The zero-order valence-corrected chi connectivity index (χ0v) is 28.3. The number of nitrogens with zero attached hydrogens (tertiary/aromatic N) is 4. The van der Waals surface area contributed by atoms with E-state index in [1.807, 2.05) is 0 Å². The minimum absolute atomic E-state index is 0.881. The third kappa shape index (κ3) is 4.92. The fourth-order valence-electron chi connectivity index (χ4n) is 7.75. The number of anilines is 6. The van der Waals surface area contributed by atoms with Crippen molar-refractivity contribution in [3.8, 4) is 0 Å². The minimum atomic E-state index is 0.881. The Bertz CT molecular complexity index is 2690. The Balaban J connectivity index is 1.20. The Morgan fingerprint density at radius 3 is 1.15 bits per heavy atom. The third-order valence-electron chi connectivity index (χ3n) is 10.1. The monoisotopic (exact) mass is 664 g/mol. The van der Waals surface area contributed by atoms with Crippen molar-refractivity contribution >= 4 is 88.2 Å². The normalized spacial score (nSPS) is 11.5. The molecule has 0 saturated heterocycles. The highest BCUT2D eigenvalue weighted by Crippen LogP contribution is 2.44. The Morgan fingerprint density at radius 2 is 0.692 bits per heavy atom. The van der Waals surface area contributed by atoms with Crippen molar-refractivity contribution in [1.82, 2.24) is 9.97 Å². The quantitative estimate of drug-likeness (QED) is 0.166. The van der Waals surface area contributed by atoms with Crippen LogP contribution in [-0.2, 0) is 0 Å². The molecule has 0 radical (unpaired) electrons. The zero-order chi connectivity index (χ0) is 34.4. The largest absolute Gasteiger partial charge is 0.310 e. The molecule has 4 nitrogen and oxygen atoms in total. The molecule has 10 aromatic rings. The van der Waals surface area contributed by atoms with Crippen molar-refractivity contribution in [3.05, 3.63) is 194 Å². The molecule has 244 valence electrons. The molecule has 4 heteroatoms. The molecule has 0 fully saturated rings. The van der Waals surface area contributed by atoms with Crippen molar-refractivity contribution in [1.29, 1.82) is 0 Å². The lowest BCUT2D eigenvalue weighted by atomic mass is 9.97. The topological polar surface area (TPSA) is 32.3 Å². The first-order chi connectivity index (χ1) is 25.8. The number of fused-ring (bicyclic) bond motifs is 8. The van der Waals surface area contributed by atoms with Gasteiger partial charge < -0.3 is 9.80 Å². The molecule has 52 heavy (non-hydrogen) atoms. The van der Waals surface area contributed by atoms with Crippen molar-refractivity contribution < 1.29 is 0 Å². The summed E-state index contributed by atoms with van der Waals surface area (Å²) in [6.45, 7) is 0. The van der Waals surface area contributed by atoms with Gasteiger partial charge in [0, 0.05) is 56.7 Å². The highest BCUT2D eigenvalue weighted by molar-refractivity contribution is 6.24. The van der Waals surface area contributed by atoms with E-state index in [0.717, 1.165) is 66.7 Å². The van der Waals surface area contributed by atoms with E-state index in [0.29, 0.717) is 0 Å². The van der Waals surface area contributed by atoms with Crippen molar-refractivity contribution in [2.75, 3.05) is 9.80 Å². The molecule has 0 atom stereocenters. The zero-order valence-electron chi connectivity index (χ0n) is 28.3. The lowest BCUT2D eigenvalue weighted by molar-refractivity contribution is 1.29. The van der Waals surface area contributed by atoms with Crippen LogP contribution in [-0.4, -0.2) is 9.97 Å². The molecule has 0 amide bonds. The number of hydrogen-bond donors (Lipinski definition) is 0. The predicted octanol–water partition coefficient (Wildman–Crippen LogP) is 13.2. The maximum atomic E-state index is 4.99. The lowest BCUT2D eigenvalue weighted by Crippen LogP contribution is -2.11. The van der Waals surface area contributed by atoms with Crippen LogP contribution in [0.5, 0.6) is 0 Å². The first-order valence-electron chi connectivity index (χ1n) is 17.6. The maximum absolute atomic E-state index is 4.99. The average molecular weight is 665 g/mol. The van der Waals surface area contributed by atoms with Gasteiger partial charge in [0.15, 0.2) is 0 Å². The second-order valence-corrected chi connectivity index (χ2v) is 13.1. The van der Waals surface area contributed by atoms with Crippen LogP contribution in [0.1, 0.15) is 0 Å². The summed E-state index contributed by atoms with van der Waals surface area (Å²) in [4.78, 5) is 14.7. The molecule has 0 bridgehead atoms. The third-order valence-corrected chi connectivity index (χ3v) is 10.1. The van der Waals surface area contributed by atoms with Crippen LogP contribution in [0.15, 0.2) is 194 Å². The van der Waals surface area contributed by atoms with E-state index < -0.39 is 0 Å². The SMILES string of the molecule is c1ccc(N(c2ccc3c4ccc(N(c5ccccc5)c5cccc6ccccc56)cc4c4nccnc4c3c2)c2cccc3ccccc23)cc1. The smallest absolute Gasteiger partial charge is 0.0972 e. The van der Waals surface area contributed by atoms with E-state index in [1.165, 1.54) is 21.5 Å². The predicted molar refractivity (Wildman–Crippen MR) is 219 cm³/mol. The second-order valence-electron chi connectivity index (χ2n) is 13.1. The molecular formula is C48H32N4. The van der Waals surface area contributed by atoms with E-state index in [9.17, 15) is 0 Å². The summed E-state index contributed by atoms with van der Waals surface area (Å²) in [5, 5.41) is 9.20. The Kier molecular flexibility index (Phi) is 7.10. The minimum Gasteiger partial charge on any atom is -0.310 e. The number of hydrogen-bond acceptors (Lipinski definition) is 4. The summed E-state index contributed by atoms with van der Waals surface area (Å²) < 4.78 is 0. The van der Waals surface area contributed by atoms with Gasteiger partial charge in [-0.3, -0.25) is 9.97 Å². The van der Waals surface area contributed by atoms with E-state index in [4.69, 9.17) is 9.97 Å². The molecule has 9 aromatic carbocycles. The first kappa shape index (κ1) is 29.8. The summed E-state index contributed by atoms with van der Waals surface area (Å²) >= 11 is 0. The van der Waals surface area contributed by atoms with Gasteiger partial charge in [-0.1, -0.05) is 121 Å². The van der Waals surface area contributed by atoms with Crippen LogP contribution >= 0.6 is 0 Å². The summed E-state index contributed by atoms with van der Waals surface area (Å²) in [5.74, 6) is 0. The van der Waals surface area contributed by atoms with Crippen LogP contribution in [0.3, 0.4) is 0 Å². The number of benzene rings is 9. The number of para-hydroxylation sites is 2. The molecule has 10 rings (SSSR count). The van der Waals surface area contributed by atoms with Gasteiger partial charge in [0.1, 0.15) is 0 Å². The fraction of sp³-hybridized carbons (Fsp3) is 0. The molecule has 0 saturated carbocycles. The van der Waals surface area contributed by atoms with Gasteiger partial charge in [-0.25, -0.2) is 0 Å². The molecule has 0 N–H and O–H groups in total. The summed E-state index contributed by atoms with van der Waals surface area (Å²) in [7, 11) is 0. The standard InChI is InChI=1S/C48H32N4/c1-3-17-35(18-4-1)51(45-23-11-15-33-13-7-9-21-39(33)45)37-25-27-41-42-28-26-38(32-44(42)48-47(43(41)31-37)49-29-30-50-48)52(36-19-5-2-6-20-36)46-24-12-16-34-14-8-10-22-40(34)46/h1-32H. The van der Waals surface area contributed by atoms with E-state index in [2.05, 4.69) is 192 Å². The summed E-state index contributed by atoms with van der Waals surface area (Å²) in [5.41, 5.74) is 8.31. The van der Waals surface area contributed by atoms with Gasteiger partial charge in [-0.05, 0) is 82.2 Å². The van der Waals surface area contributed by atoms with Crippen LogP contribution in [0.25, 0.3) is 54.1 Å². The first-order valence-corrected chi connectivity index (χ1v) is 17.6. The Hall–Kier alpha value is -7.04. The van der Waals surface area contributed by atoms with Crippen LogP contribution in [0.2, 0.25) is 0 Å². The summed E-state index contributed by atoms with van der Waals surface area (Å²) in [6.07, 6.45) is 3.60. The molecule has 0 aliphatic carbocycles. The molecule has 0 aliphatic heterocycles. The summed E-state index contributed by atoms with van der Waals surface area (Å²) in [6, 6.07) is 64.9. The lowest BCUT2D eigenvalue weighted by Gasteiger charge is -2.28. The van der Waals surface area contributed by atoms with Gasteiger partial charge >= 0.3 is 0 Å². The molecule has 0 spiro atoms. The van der Waals surface area contributed by atoms with Crippen molar-refractivity contribution in [3.63, 3.8) is 0 Å². The van der Waals surface area contributed by atoms with Gasteiger partial charge in [0.25, 0.3) is 0 Å². The van der Waals surface area contributed by atoms with Gasteiger partial charge in [0.05, 0.1) is 22.4 Å². The number of rotatable bonds is 6. The molecule has 1 aromatic heterocycles. The van der Waals surface area contributed by atoms with Crippen molar-refractivity contribution in [2.24, 2.45) is 0 Å². The van der Waals surface area contributed by atoms with Crippen LogP contribution in [0.4, 0.5) is 34.1 Å². The molecule has 0 unspecified atom stereocenters. The molecular weight excluding hydrogens is 633 g/mol. The highest BCUT2D eigenvalue weighted by atomic mass is 15.1. The van der Waals surface area contributed by atoms with Crippen LogP contribution < -0.4 is 9.80 Å². The van der Waals surface area contributed by atoms with E-state index in [1.54, 1.807) is 12.4 Å². The Labute approximate surface area is 301 Å². The maximum Gasteiger partial charge on any atom is 0.0972 e. The highest BCUT2D eigenvalue weighted by Gasteiger charge is 2.20. The van der Waals surface area contributed by atoms with Gasteiger partial charge in [-0.15, -0.1) is 0 Å². The average Bonchev–Trinajstić information content (AvgIpc) is 3.22. The molecule has 0 aliphatic rings. The molecule has 1 heterocycles. The second kappa shape index (κ2) is 12.4. The van der Waals surface area contributed by atoms with Gasteiger partial charge in [0.2, 0.25) is 0 Å². The Morgan fingerprint density at radius 1 is 0.288 bits per heavy atom. The van der Waals surface area contributed by atoms with Gasteiger partial charge in [-0.2, -0.15) is 0 Å². The fourth-order valence-corrected chi connectivity index (χ4v) is 7.75. The van der Waals surface area contributed by atoms with E-state index >= 15 is 0 Å².